The second-order valence-electron chi connectivity index (χ2n) is 7.49. The van der Waals surface area contributed by atoms with Gasteiger partial charge in [0.2, 0.25) is 0 Å². The minimum atomic E-state index is -0.657. The zero-order valence-electron chi connectivity index (χ0n) is 15.2. The Bertz CT molecular complexity index is 378. The third-order valence-corrected chi connectivity index (χ3v) is 5.10. The Hall–Kier alpha value is -0.900. The van der Waals surface area contributed by atoms with Gasteiger partial charge in [-0.25, -0.2) is 0 Å². The van der Waals surface area contributed by atoms with Crippen LogP contribution in [0.2, 0.25) is 0 Å². The highest BCUT2D eigenvalue weighted by Gasteiger charge is 2.42. The lowest BCUT2D eigenvalue weighted by Gasteiger charge is -2.24. The predicted octanol–water partition coefficient (Wildman–Crippen LogP) is 3.89. The summed E-state index contributed by atoms with van der Waals surface area (Å²) in [5, 5.41) is 10.1. The Balaban J connectivity index is 2.27. The predicted molar refractivity (Wildman–Crippen MR) is 91.0 cm³/mol. The van der Waals surface area contributed by atoms with Crippen LogP contribution in [0.5, 0.6) is 0 Å². The van der Waals surface area contributed by atoms with E-state index < -0.39 is 6.10 Å². The zero-order valence-corrected chi connectivity index (χ0v) is 15.2. The molecule has 0 spiro atoms. The average molecular weight is 326 g/mol. The van der Waals surface area contributed by atoms with Gasteiger partial charge in [0.1, 0.15) is 18.0 Å². The number of cyclic esters (lactones) is 1. The molecule has 4 heteroatoms. The molecular weight excluding hydrogens is 292 g/mol. The number of Topliss-reactive ketones (excluding diaryl/α,β-unsaturated/α-hetero) is 1. The number of rotatable bonds is 11. The minimum Gasteiger partial charge on any atom is -0.460 e. The van der Waals surface area contributed by atoms with Gasteiger partial charge >= 0.3 is 5.97 Å². The number of aliphatic hydroxyl groups excluding tert-OH is 1. The van der Waals surface area contributed by atoms with E-state index in [1.165, 1.54) is 12.8 Å². The van der Waals surface area contributed by atoms with E-state index >= 15 is 0 Å². The third-order valence-electron chi connectivity index (χ3n) is 5.10. The monoisotopic (exact) mass is 326 g/mol. The minimum absolute atomic E-state index is 0.236. The van der Waals surface area contributed by atoms with Crippen molar-refractivity contribution >= 4 is 11.8 Å². The maximum Gasteiger partial charge on any atom is 0.312 e. The van der Waals surface area contributed by atoms with E-state index in [1.54, 1.807) is 13.8 Å². The van der Waals surface area contributed by atoms with Crippen molar-refractivity contribution in [2.24, 2.45) is 17.8 Å². The van der Waals surface area contributed by atoms with Crippen molar-refractivity contribution in [3.05, 3.63) is 0 Å². The highest BCUT2D eigenvalue weighted by atomic mass is 16.6. The Morgan fingerprint density at radius 2 is 1.78 bits per heavy atom. The molecule has 1 saturated heterocycles. The molecule has 4 unspecified atom stereocenters. The maximum atomic E-state index is 11.8. The molecule has 1 heterocycles. The van der Waals surface area contributed by atoms with E-state index in [2.05, 4.69) is 13.8 Å². The average Bonchev–Trinajstić information content (AvgIpc) is 2.70. The summed E-state index contributed by atoms with van der Waals surface area (Å²) >= 11 is 0. The topological polar surface area (TPSA) is 63.6 Å². The van der Waals surface area contributed by atoms with E-state index in [1.807, 2.05) is 0 Å². The summed E-state index contributed by atoms with van der Waals surface area (Å²) in [5.41, 5.74) is 0. The van der Waals surface area contributed by atoms with Crippen LogP contribution < -0.4 is 0 Å². The number of hydrogen-bond acceptors (Lipinski definition) is 4. The van der Waals surface area contributed by atoms with Crippen molar-refractivity contribution in [2.45, 2.75) is 91.3 Å². The summed E-state index contributed by atoms with van der Waals surface area (Å²) in [4.78, 5) is 22.7. The summed E-state index contributed by atoms with van der Waals surface area (Å²) in [7, 11) is 0. The second-order valence-corrected chi connectivity index (χ2v) is 7.49. The number of aliphatic hydroxyl groups is 1. The number of ether oxygens (including phenoxy) is 1. The maximum absolute atomic E-state index is 11.8. The molecule has 1 rings (SSSR count). The number of ketones is 1. The summed E-state index contributed by atoms with van der Waals surface area (Å²) < 4.78 is 5.14. The highest BCUT2D eigenvalue weighted by Crippen LogP contribution is 2.33. The molecule has 1 aliphatic heterocycles. The summed E-state index contributed by atoms with van der Waals surface area (Å²) in [5.74, 6) is 0.641. The first-order valence-electron chi connectivity index (χ1n) is 9.21. The van der Waals surface area contributed by atoms with Crippen LogP contribution in [0.4, 0.5) is 0 Å². The van der Waals surface area contributed by atoms with Gasteiger partial charge in [0.25, 0.3) is 0 Å². The first kappa shape index (κ1) is 20.1. The summed E-state index contributed by atoms with van der Waals surface area (Å²) in [6.07, 6.45) is 7.11. The molecule has 23 heavy (non-hydrogen) atoms. The molecule has 0 saturated carbocycles. The van der Waals surface area contributed by atoms with Gasteiger partial charge in [-0.15, -0.1) is 0 Å². The molecule has 0 aromatic heterocycles. The lowest BCUT2D eigenvalue weighted by Crippen LogP contribution is -2.28. The number of hydrogen-bond donors (Lipinski definition) is 1. The third kappa shape index (κ3) is 7.03. The molecule has 1 fully saturated rings. The molecule has 0 radical (unpaired) electrons. The molecule has 0 amide bonds. The largest absolute Gasteiger partial charge is 0.460 e. The Morgan fingerprint density at radius 1 is 1.17 bits per heavy atom. The van der Waals surface area contributed by atoms with E-state index in [9.17, 15) is 14.7 Å². The van der Waals surface area contributed by atoms with Crippen LogP contribution in [0.25, 0.3) is 0 Å². The lowest BCUT2D eigenvalue weighted by molar-refractivity contribution is -0.144. The van der Waals surface area contributed by atoms with Gasteiger partial charge in [0.15, 0.2) is 0 Å². The number of unbranched alkanes of at least 4 members (excludes halogenated alkanes) is 4. The van der Waals surface area contributed by atoms with Gasteiger partial charge in [0, 0.05) is 6.42 Å². The standard InChI is InChI=1S/C19H34O4/c1-13(2)16(11-9-7-5-6-8-10-14(3)20)12-17-18(21)15(4)23-19(17)22/h13,15-18,21H,5-12H2,1-4H3. The van der Waals surface area contributed by atoms with E-state index in [4.69, 9.17) is 4.74 Å². The van der Waals surface area contributed by atoms with Crippen LogP contribution in [0.15, 0.2) is 0 Å². The Kier molecular flexibility index (Phi) is 8.82. The van der Waals surface area contributed by atoms with Gasteiger partial charge < -0.3 is 14.6 Å². The van der Waals surface area contributed by atoms with Gasteiger partial charge in [-0.2, -0.15) is 0 Å². The Labute approximate surface area is 141 Å². The molecular formula is C19H34O4. The van der Waals surface area contributed by atoms with Gasteiger partial charge in [-0.3, -0.25) is 4.79 Å². The normalized spacial score (nSPS) is 25.7. The molecule has 0 aliphatic carbocycles. The van der Waals surface area contributed by atoms with E-state index in [0.717, 1.165) is 32.1 Å². The molecule has 1 N–H and O–H groups in total. The highest BCUT2D eigenvalue weighted by molar-refractivity contribution is 5.75. The van der Waals surface area contributed by atoms with Crippen LogP contribution in [0.3, 0.4) is 0 Å². The van der Waals surface area contributed by atoms with Crippen LogP contribution >= 0.6 is 0 Å². The first-order valence-corrected chi connectivity index (χ1v) is 9.21. The summed E-state index contributed by atoms with van der Waals surface area (Å²) in [6.45, 7) is 7.78. The molecule has 0 aromatic rings. The van der Waals surface area contributed by atoms with Crippen molar-refractivity contribution in [1.29, 1.82) is 0 Å². The number of carbonyl (C=O) groups is 2. The molecule has 4 nitrogen and oxygen atoms in total. The van der Waals surface area contributed by atoms with E-state index in [-0.39, 0.29) is 23.8 Å². The fourth-order valence-corrected chi connectivity index (χ4v) is 3.40. The van der Waals surface area contributed by atoms with Gasteiger partial charge in [-0.05, 0) is 38.5 Å². The molecule has 0 bridgehead atoms. The number of carbonyl (C=O) groups excluding carboxylic acids is 2. The first-order chi connectivity index (χ1) is 10.8. The van der Waals surface area contributed by atoms with Gasteiger partial charge in [-0.1, -0.05) is 46.0 Å². The Morgan fingerprint density at radius 3 is 2.30 bits per heavy atom. The fraction of sp³-hybridized carbons (Fsp3) is 0.895. The van der Waals surface area contributed by atoms with Crippen LogP contribution in [0, 0.1) is 17.8 Å². The van der Waals surface area contributed by atoms with Crippen molar-refractivity contribution in [1.82, 2.24) is 0 Å². The summed E-state index contributed by atoms with van der Waals surface area (Å²) in [6, 6.07) is 0. The van der Waals surface area contributed by atoms with Crippen LogP contribution in [0.1, 0.15) is 79.1 Å². The van der Waals surface area contributed by atoms with Gasteiger partial charge in [0.05, 0.1) is 5.92 Å². The number of esters is 1. The van der Waals surface area contributed by atoms with Crippen molar-refractivity contribution in [3.8, 4) is 0 Å². The second kappa shape index (κ2) is 10.1. The molecule has 134 valence electrons. The fourth-order valence-electron chi connectivity index (χ4n) is 3.40. The molecule has 4 atom stereocenters. The molecule has 1 aliphatic rings. The smallest absolute Gasteiger partial charge is 0.312 e. The van der Waals surface area contributed by atoms with Crippen molar-refractivity contribution < 1.29 is 19.4 Å². The van der Waals surface area contributed by atoms with E-state index in [0.29, 0.717) is 18.3 Å². The molecule has 0 aromatic carbocycles. The SMILES string of the molecule is CC(=O)CCCCCCCC(CC1C(=O)OC(C)C1O)C(C)C. The quantitative estimate of drug-likeness (QED) is 0.462. The lowest BCUT2D eigenvalue weighted by atomic mass is 9.81. The van der Waals surface area contributed by atoms with Crippen LogP contribution in [-0.4, -0.2) is 29.1 Å². The van der Waals surface area contributed by atoms with Crippen LogP contribution in [-0.2, 0) is 14.3 Å². The van der Waals surface area contributed by atoms with Crippen molar-refractivity contribution in [3.63, 3.8) is 0 Å². The zero-order chi connectivity index (χ0) is 17.4. The van der Waals surface area contributed by atoms with Crippen molar-refractivity contribution in [2.75, 3.05) is 0 Å².